The van der Waals surface area contributed by atoms with Crippen LogP contribution in [0, 0.1) is 5.41 Å². The van der Waals surface area contributed by atoms with Crippen LogP contribution in [-0.2, 0) is 14.6 Å². The molecule has 2 saturated heterocycles. The molecule has 0 radical (unpaired) electrons. The summed E-state index contributed by atoms with van der Waals surface area (Å²) in [6, 6.07) is 10.8. The molecular weight excluding hydrogens is 611 g/mol. The molecule has 2 aliphatic heterocycles. The van der Waals surface area contributed by atoms with Gasteiger partial charge in [0.05, 0.1) is 4.90 Å². The number of carbonyl (C=O) groups is 1. The molecule has 0 aliphatic carbocycles. The van der Waals surface area contributed by atoms with Gasteiger partial charge in [0.15, 0.2) is 9.84 Å². The Morgan fingerprint density at radius 3 is 2.44 bits per heavy atom. The number of alkyl halides is 3. The second kappa shape index (κ2) is 11.5. The Morgan fingerprint density at radius 2 is 1.86 bits per heavy atom. The van der Waals surface area contributed by atoms with Crippen LogP contribution in [0.15, 0.2) is 53.4 Å². The third-order valence-electron chi connectivity index (χ3n) is 7.90. The van der Waals surface area contributed by atoms with E-state index in [-0.39, 0.29) is 27.8 Å². The van der Waals surface area contributed by atoms with Gasteiger partial charge in [0.1, 0.15) is 11.9 Å². The Kier molecular flexibility index (Phi) is 8.22. The molecule has 0 amide bonds. The molecule has 2 aliphatic rings. The maximum Gasteiger partial charge on any atom is 0.429 e. The zero-order chi connectivity index (χ0) is 31.2. The number of ether oxygens (including phenoxy) is 1. The van der Waals surface area contributed by atoms with Crippen LogP contribution in [0.3, 0.4) is 0 Å². The van der Waals surface area contributed by atoms with Gasteiger partial charge in [0.25, 0.3) is 0 Å². The van der Waals surface area contributed by atoms with E-state index >= 15 is 0 Å². The van der Waals surface area contributed by atoms with Gasteiger partial charge in [-0.15, -0.1) is 0 Å². The van der Waals surface area contributed by atoms with Crippen molar-refractivity contribution in [1.82, 2.24) is 15.3 Å². The molecule has 1 aromatic heterocycles. The Hall–Kier alpha value is -3.62. The van der Waals surface area contributed by atoms with Gasteiger partial charge in [-0.3, -0.25) is 4.79 Å². The van der Waals surface area contributed by atoms with Crippen LogP contribution in [0.2, 0.25) is 5.02 Å². The molecule has 15 heteroatoms. The van der Waals surface area contributed by atoms with Crippen LogP contribution in [0.4, 0.5) is 24.9 Å². The van der Waals surface area contributed by atoms with E-state index in [2.05, 4.69) is 15.3 Å². The molecule has 5 rings (SSSR count). The number of benzene rings is 2. The Labute approximate surface area is 250 Å². The first-order valence-corrected chi connectivity index (χ1v) is 15.6. The van der Waals surface area contributed by atoms with Crippen LogP contribution in [-0.4, -0.2) is 67.6 Å². The van der Waals surface area contributed by atoms with Crippen molar-refractivity contribution in [3.63, 3.8) is 0 Å². The van der Waals surface area contributed by atoms with E-state index in [4.69, 9.17) is 22.1 Å². The summed E-state index contributed by atoms with van der Waals surface area (Å²) in [5.74, 6) is -1.49. The van der Waals surface area contributed by atoms with Gasteiger partial charge in [-0.05, 0) is 47.9 Å². The van der Waals surface area contributed by atoms with Crippen LogP contribution < -0.4 is 20.7 Å². The Bertz CT molecular complexity index is 1630. The van der Waals surface area contributed by atoms with Crippen molar-refractivity contribution < 1.29 is 36.2 Å². The lowest BCUT2D eigenvalue weighted by Crippen LogP contribution is -2.41. The standard InChI is InChI=1S/C28H29ClF3N5O5S/c1-43(40,41)20-12-17(29)11-18(16-5-3-2-4-6-16)23(20)24(28(30,31)32)42-22-13-21(35-26(33)36-22)37-9-7-27(8-10-37)14-19(25(38)39)34-15-27/h2-6,11-13,19,24,34H,7-10,14-15H2,1H3,(H,38,39)(H2,33,35,36)/t19-,24+/m0/s1. The first-order valence-electron chi connectivity index (χ1n) is 13.3. The molecule has 1 spiro atoms. The molecule has 3 aromatic rings. The van der Waals surface area contributed by atoms with Crippen molar-refractivity contribution in [2.24, 2.45) is 5.41 Å². The predicted molar refractivity (Wildman–Crippen MR) is 154 cm³/mol. The monoisotopic (exact) mass is 639 g/mol. The molecule has 0 unspecified atom stereocenters. The number of nitrogens with two attached hydrogens (primary N) is 1. The molecule has 2 atom stereocenters. The van der Waals surface area contributed by atoms with Gasteiger partial charge < -0.3 is 25.8 Å². The van der Waals surface area contributed by atoms with Crippen molar-refractivity contribution in [1.29, 1.82) is 0 Å². The largest absolute Gasteiger partial charge is 0.480 e. The number of aliphatic carboxylic acids is 1. The first kappa shape index (κ1) is 30.8. The summed E-state index contributed by atoms with van der Waals surface area (Å²) in [6.45, 7) is 1.47. The number of anilines is 2. The van der Waals surface area contributed by atoms with Crippen LogP contribution >= 0.6 is 11.6 Å². The number of nitrogens with one attached hydrogen (secondary N) is 1. The predicted octanol–water partition coefficient (Wildman–Crippen LogP) is 4.50. The Morgan fingerprint density at radius 1 is 1.19 bits per heavy atom. The summed E-state index contributed by atoms with van der Waals surface area (Å²) < 4.78 is 75.4. The Balaban J connectivity index is 1.51. The first-order chi connectivity index (χ1) is 20.1. The number of aromatic nitrogens is 2. The van der Waals surface area contributed by atoms with Crippen LogP contribution in [0.1, 0.15) is 30.9 Å². The highest BCUT2D eigenvalue weighted by Gasteiger charge is 2.47. The summed E-state index contributed by atoms with van der Waals surface area (Å²) in [5, 5.41) is 12.3. The topological polar surface area (TPSA) is 148 Å². The van der Waals surface area contributed by atoms with Crippen molar-refractivity contribution in [3.8, 4) is 17.0 Å². The molecular formula is C28H29ClF3N5O5S. The molecule has 2 aromatic carbocycles. The van der Waals surface area contributed by atoms with Crippen molar-refractivity contribution in [2.75, 3.05) is 36.5 Å². The molecule has 0 bridgehead atoms. The average molecular weight is 640 g/mol. The van der Waals surface area contributed by atoms with Gasteiger partial charge >= 0.3 is 12.1 Å². The highest BCUT2D eigenvalue weighted by Crippen LogP contribution is 2.46. The third-order valence-corrected chi connectivity index (χ3v) is 9.26. The van der Waals surface area contributed by atoms with Crippen molar-refractivity contribution >= 4 is 39.2 Å². The number of hydrogen-bond donors (Lipinski definition) is 3. The zero-order valence-electron chi connectivity index (χ0n) is 22.9. The summed E-state index contributed by atoms with van der Waals surface area (Å²) in [4.78, 5) is 20.7. The lowest BCUT2D eigenvalue weighted by molar-refractivity contribution is -0.199. The van der Waals surface area contributed by atoms with E-state index < -0.39 is 50.5 Å². The molecule has 43 heavy (non-hydrogen) atoms. The van der Waals surface area contributed by atoms with Gasteiger partial charge in [0, 0.05) is 42.5 Å². The smallest absolute Gasteiger partial charge is 0.429 e. The maximum absolute atomic E-state index is 14.8. The third kappa shape index (κ3) is 6.65. The number of halogens is 4. The number of hydrogen-bond acceptors (Lipinski definition) is 9. The van der Waals surface area contributed by atoms with Crippen LogP contribution in [0.25, 0.3) is 11.1 Å². The van der Waals surface area contributed by atoms with Crippen molar-refractivity contribution in [2.45, 2.75) is 42.5 Å². The lowest BCUT2D eigenvalue weighted by atomic mass is 9.76. The molecule has 230 valence electrons. The number of sulfone groups is 1. The highest BCUT2D eigenvalue weighted by atomic mass is 35.5. The SMILES string of the molecule is CS(=O)(=O)c1cc(Cl)cc(-c2ccccc2)c1[C@@H](Oc1cc(N2CCC3(CC2)CN[C@H](C(=O)O)C3)nc(N)n1)C(F)(F)F. The number of nitrogen functional groups attached to an aromatic ring is 1. The number of rotatable bonds is 7. The van der Waals surface area contributed by atoms with E-state index in [0.717, 1.165) is 12.3 Å². The fourth-order valence-corrected chi connectivity index (χ4v) is 7.01. The maximum atomic E-state index is 14.8. The number of carboxylic acid groups (broad SMARTS) is 1. The minimum absolute atomic E-state index is 0.0625. The van der Waals surface area contributed by atoms with E-state index in [9.17, 15) is 31.5 Å². The summed E-state index contributed by atoms with van der Waals surface area (Å²) in [6.07, 6.45) is -5.28. The quantitative estimate of drug-likeness (QED) is 0.338. The second-order valence-corrected chi connectivity index (χ2v) is 13.3. The molecule has 4 N–H and O–H groups in total. The molecule has 3 heterocycles. The summed E-state index contributed by atoms with van der Waals surface area (Å²) in [5.41, 5.74) is 5.30. The molecule has 2 fully saturated rings. The molecule has 0 saturated carbocycles. The highest BCUT2D eigenvalue weighted by molar-refractivity contribution is 7.90. The normalized spacial score (nSPS) is 19.4. The van der Waals surface area contributed by atoms with Crippen LogP contribution in [0.5, 0.6) is 5.88 Å². The number of nitrogens with zero attached hydrogens (tertiary/aromatic N) is 3. The van der Waals surface area contributed by atoms with Gasteiger partial charge in [-0.1, -0.05) is 41.9 Å². The van der Waals surface area contributed by atoms with Crippen molar-refractivity contribution in [3.05, 3.63) is 59.1 Å². The van der Waals surface area contributed by atoms with Gasteiger partial charge in [-0.25, -0.2) is 8.42 Å². The second-order valence-electron chi connectivity index (χ2n) is 10.9. The fraction of sp³-hybridized carbons (Fsp3) is 0.393. The van der Waals surface area contributed by atoms with E-state index in [1.165, 1.54) is 24.3 Å². The zero-order valence-corrected chi connectivity index (χ0v) is 24.5. The van der Waals surface area contributed by atoms with E-state index in [1.807, 2.05) is 4.90 Å². The minimum Gasteiger partial charge on any atom is -0.480 e. The lowest BCUT2D eigenvalue weighted by Gasteiger charge is -2.39. The fourth-order valence-electron chi connectivity index (χ4n) is 5.77. The average Bonchev–Trinajstić information content (AvgIpc) is 3.35. The molecule has 10 nitrogen and oxygen atoms in total. The summed E-state index contributed by atoms with van der Waals surface area (Å²) >= 11 is 6.19. The van der Waals surface area contributed by atoms with Gasteiger partial charge in [-0.2, -0.15) is 23.1 Å². The number of piperidine rings is 1. The van der Waals surface area contributed by atoms with Gasteiger partial charge in [0.2, 0.25) is 17.9 Å². The van der Waals surface area contributed by atoms with E-state index in [0.29, 0.717) is 44.5 Å². The summed E-state index contributed by atoms with van der Waals surface area (Å²) in [7, 11) is -4.21. The number of carboxylic acids is 1. The minimum atomic E-state index is -5.08. The van der Waals surface area contributed by atoms with E-state index in [1.54, 1.807) is 18.2 Å².